The van der Waals surface area contributed by atoms with E-state index in [1.54, 1.807) is 31.5 Å². The van der Waals surface area contributed by atoms with E-state index in [9.17, 15) is 4.79 Å². The van der Waals surface area contributed by atoms with Gasteiger partial charge in [-0.3, -0.25) is 4.79 Å². The lowest BCUT2D eigenvalue weighted by atomic mass is 10.1. The van der Waals surface area contributed by atoms with Gasteiger partial charge in [0.15, 0.2) is 11.5 Å². The Balaban J connectivity index is 1.64. The molecule has 0 spiro atoms. The van der Waals surface area contributed by atoms with Crippen molar-refractivity contribution in [2.75, 3.05) is 25.1 Å². The molecule has 1 N–H and O–H groups in total. The Morgan fingerprint density at radius 2 is 1.96 bits per heavy atom. The summed E-state index contributed by atoms with van der Waals surface area (Å²) in [5, 5.41) is 2.96. The van der Waals surface area contributed by atoms with E-state index in [4.69, 9.17) is 9.47 Å². The number of methoxy groups -OCH3 is 1. The monoisotopic (exact) mass is 369 g/mol. The van der Waals surface area contributed by atoms with Crippen LogP contribution in [0.5, 0.6) is 11.5 Å². The molecule has 144 valence electrons. The summed E-state index contributed by atoms with van der Waals surface area (Å²) in [7, 11) is 1.57. The van der Waals surface area contributed by atoms with Crippen LogP contribution in [0, 0.1) is 0 Å². The van der Waals surface area contributed by atoms with Crippen LogP contribution in [-0.4, -0.2) is 37.2 Å². The summed E-state index contributed by atoms with van der Waals surface area (Å²) in [6.45, 7) is 6.45. The summed E-state index contributed by atoms with van der Waals surface area (Å²) < 4.78 is 11.0. The number of nitrogens with one attached hydrogen (secondary N) is 1. The van der Waals surface area contributed by atoms with Crippen molar-refractivity contribution >= 4 is 11.7 Å². The van der Waals surface area contributed by atoms with E-state index in [0.717, 1.165) is 24.5 Å². The van der Waals surface area contributed by atoms with Crippen LogP contribution in [-0.2, 0) is 6.54 Å². The van der Waals surface area contributed by atoms with Gasteiger partial charge in [0.2, 0.25) is 0 Å². The van der Waals surface area contributed by atoms with E-state index in [1.807, 2.05) is 26.0 Å². The van der Waals surface area contributed by atoms with Crippen LogP contribution in [0.1, 0.15) is 42.6 Å². The van der Waals surface area contributed by atoms with Crippen LogP contribution in [0.2, 0.25) is 0 Å². The lowest BCUT2D eigenvalue weighted by Crippen LogP contribution is -2.23. The van der Waals surface area contributed by atoms with E-state index in [1.165, 1.54) is 12.8 Å². The lowest BCUT2D eigenvalue weighted by molar-refractivity contribution is 0.0950. The molecule has 1 aromatic carbocycles. The molecule has 1 fully saturated rings. The van der Waals surface area contributed by atoms with E-state index >= 15 is 0 Å². The molecule has 1 aliphatic heterocycles. The lowest BCUT2D eigenvalue weighted by Gasteiger charge is -2.17. The number of benzene rings is 1. The molecule has 2 aromatic rings. The molecule has 1 aliphatic rings. The minimum Gasteiger partial charge on any atom is -0.493 e. The summed E-state index contributed by atoms with van der Waals surface area (Å²) in [6.07, 6.45) is 4.26. The first kappa shape index (κ1) is 19.0. The fraction of sp³-hybridized carbons (Fsp3) is 0.429. The normalized spacial score (nSPS) is 13.7. The molecule has 0 saturated carbocycles. The molecule has 2 heterocycles. The van der Waals surface area contributed by atoms with Crippen LogP contribution >= 0.6 is 0 Å². The highest BCUT2D eigenvalue weighted by Gasteiger charge is 2.15. The summed E-state index contributed by atoms with van der Waals surface area (Å²) in [5.74, 6) is 2.02. The molecule has 0 aliphatic carbocycles. The molecule has 3 rings (SSSR count). The zero-order valence-electron chi connectivity index (χ0n) is 16.2. The van der Waals surface area contributed by atoms with Crippen molar-refractivity contribution < 1.29 is 14.3 Å². The third-order valence-corrected chi connectivity index (χ3v) is 4.48. The van der Waals surface area contributed by atoms with Crippen LogP contribution in [0.15, 0.2) is 36.5 Å². The third kappa shape index (κ3) is 4.90. The zero-order chi connectivity index (χ0) is 19.2. The fourth-order valence-electron chi connectivity index (χ4n) is 3.13. The van der Waals surface area contributed by atoms with Gasteiger partial charge in [-0.2, -0.15) is 0 Å². The quantitative estimate of drug-likeness (QED) is 0.810. The largest absolute Gasteiger partial charge is 0.493 e. The maximum absolute atomic E-state index is 12.5. The molecule has 1 saturated heterocycles. The fourth-order valence-corrected chi connectivity index (χ4v) is 3.13. The second kappa shape index (κ2) is 8.75. The molecule has 0 unspecified atom stereocenters. The van der Waals surface area contributed by atoms with E-state index in [0.29, 0.717) is 23.6 Å². The van der Waals surface area contributed by atoms with Crippen molar-refractivity contribution in [2.45, 2.75) is 39.3 Å². The van der Waals surface area contributed by atoms with Crippen LogP contribution in [0.25, 0.3) is 0 Å². The number of aromatic nitrogens is 1. The van der Waals surface area contributed by atoms with Gasteiger partial charge in [0.05, 0.1) is 13.2 Å². The van der Waals surface area contributed by atoms with Crippen LogP contribution in [0.4, 0.5) is 5.82 Å². The van der Waals surface area contributed by atoms with Gasteiger partial charge in [0.25, 0.3) is 5.91 Å². The van der Waals surface area contributed by atoms with Gasteiger partial charge in [-0.25, -0.2) is 4.98 Å². The highest BCUT2D eigenvalue weighted by Crippen LogP contribution is 2.29. The Labute approximate surface area is 160 Å². The second-order valence-electron chi connectivity index (χ2n) is 6.93. The number of carbonyl (C=O) groups excluding carboxylic acids is 1. The van der Waals surface area contributed by atoms with Crippen molar-refractivity contribution in [2.24, 2.45) is 0 Å². The average Bonchev–Trinajstić information content (AvgIpc) is 3.21. The summed E-state index contributed by atoms with van der Waals surface area (Å²) in [4.78, 5) is 19.3. The second-order valence-corrected chi connectivity index (χ2v) is 6.93. The maximum atomic E-state index is 12.5. The van der Waals surface area contributed by atoms with E-state index in [-0.39, 0.29) is 12.0 Å². The number of hydrogen-bond donors (Lipinski definition) is 1. The first-order valence-corrected chi connectivity index (χ1v) is 9.39. The topological polar surface area (TPSA) is 63.7 Å². The highest BCUT2D eigenvalue weighted by molar-refractivity contribution is 5.94. The van der Waals surface area contributed by atoms with Gasteiger partial charge in [0.1, 0.15) is 5.82 Å². The first-order chi connectivity index (χ1) is 13.1. The molecule has 6 heteroatoms. The zero-order valence-corrected chi connectivity index (χ0v) is 16.2. The maximum Gasteiger partial charge on any atom is 0.251 e. The van der Waals surface area contributed by atoms with Gasteiger partial charge in [-0.1, -0.05) is 0 Å². The van der Waals surface area contributed by atoms with Crippen molar-refractivity contribution in [1.82, 2.24) is 10.3 Å². The Hall–Kier alpha value is -2.76. The number of rotatable bonds is 7. The third-order valence-electron chi connectivity index (χ3n) is 4.48. The predicted molar refractivity (Wildman–Crippen MR) is 106 cm³/mol. The Morgan fingerprint density at radius 3 is 2.67 bits per heavy atom. The molecule has 0 atom stereocenters. The minimum absolute atomic E-state index is 0.0371. The number of anilines is 1. The number of nitrogens with zero attached hydrogens (tertiary/aromatic N) is 2. The van der Waals surface area contributed by atoms with Crippen molar-refractivity contribution in [3.05, 3.63) is 47.7 Å². The molecule has 1 aromatic heterocycles. The van der Waals surface area contributed by atoms with E-state index < -0.39 is 0 Å². The Kier molecular flexibility index (Phi) is 6.16. The van der Waals surface area contributed by atoms with Crippen molar-refractivity contribution in [3.63, 3.8) is 0 Å². The average molecular weight is 369 g/mol. The van der Waals surface area contributed by atoms with Gasteiger partial charge in [-0.05, 0) is 62.6 Å². The number of hydrogen-bond acceptors (Lipinski definition) is 5. The minimum atomic E-state index is -0.149. The van der Waals surface area contributed by atoms with Crippen LogP contribution in [0.3, 0.4) is 0 Å². The van der Waals surface area contributed by atoms with Gasteiger partial charge in [-0.15, -0.1) is 0 Å². The smallest absolute Gasteiger partial charge is 0.251 e. The summed E-state index contributed by atoms with van der Waals surface area (Å²) in [5.41, 5.74) is 1.57. The van der Waals surface area contributed by atoms with Crippen LogP contribution < -0.4 is 19.7 Å². The SMILES string of the molecule is COc1cc(C(=O)NCc2ccnc(N3CCCC3)c2)ccc1OC(C)C. The molecule has 1 amide bonds. The number of ether oxygens (including phenoxy) is 2. The standard InChI is InChI=1S/C21H27N3O3/c1-15(2)27-18-7-6-17(13-19(18)26-3)21(25)23-14-16-8-9-22-20(12-16)24-10-4-5-11-24/h6-9,12-13,15H,4-5,10-11,14H2,1-3H3,(H,23,25). The highest BCUT2D eigenvalue weighted by atomic mass is 16.5. The number of pyridine rings is 1. The molecular formula is C21H27N3O3. The molecular weight excluding hydrogens is 342 g/mol. The molecule has 27 heavy (non-hydrogen) atoms. The number of amides is 1. The molecule has 6 nitrogen and oxygen atoms in total. The Morgan fingerprint density at radius 1 is 1.19 bits per heavy atom. The first-order valence-electron chi connectivity index (χ1n) is 9.39. The molecule has 0 radical (unpaired) electrons. The van der Waals surface area contributed by atoms with E-state index in [2.05, 4.69) is 15.2 Å². The summed E-state index contributed by atoms with van der Waals surface area (Å²) in [6, 6.07) is 9.20. The van der Waals surface area contributed by atoms with Gasteiger partial charge < -0.3 is 19.7 Å². The van der Waals surface area contributed by atoms with Crippen molar-refractivity contribution in [1.29, 1.82) is 0 Å². The molecule has 0 bridgehead atoms. The van der Waals surface area contributed by atoms with Crippen molar-refractivity contribution in [3.8, 4) is 11.5 Å². The Bertz CT molecular complexity index is 786. The summed E-state index contributed by atoms with van der Waals surface area (Å²) >= 11 is 0. The van der Waals surface area contributed by atoms with Gasteiger partial charge in [0, 0.05) is 31.4 Å². The van der Waals surface area contributed by atoms with Gasteiger partial charge >= 0.3 is 0 Å². The number of carbonyl (C=O) groups is 1. The predicted octanol–water partition coefficient (Wildman–Crippen LogP) is 3.41.